The molecule has 0 aliphatic carbocycles. The van der Waals surface area contributed by atoms with E-state index in [9.17, 15) is 4.79 Å². The van der Waals surface area contributed by atoms with Crippen LogP contribution >= 0.6 is 11.3 Å². The number of rotatable bonds is 3. The zero-order valence-corrected chi connectivity index (χ0v) is 17.2. The molecule has 2 aliphatic heterocycles. The zero-order chi connectivity index (χ0) is 19.2. The van der Waals surface area contributed by atoms with Crippen molar-refractivity contribution in [1.29, 1.82) is 0 Å². The average molecular weight is 390 g/mol. The molecule has 2 aromatic heterocycles. The van der Waals surface area contributed by atoms with Crippen LogP contribution in [0.3, 0.4) is 0 Å². The molecule has 1 N–H and O–H groups in total. The van der Waals surface area contributed by atoms with E-state index < -0.39 is 0 Å². The highest BCUT2D eigenvalue weighted by Crippen LogP contribution is 2.34. The van der Waals surface area contributed by atoms with Crippen LogP contribution in [0.4, 0.5) is 0 Å². The molecule has 1 unspecified atom stereocenters. The molecule has 0 saturated carbocycles. The van der Waals surface area contributed by atoms with Gasteiger partial charge in [-0.05, 0) is 34.2 Å². The van der Waals surface area contributed by atoms with Crippen molar-refractivity contribution in [3.8, 4) is 0 Å². The lowest BCUT2D eigenvalue weighted by Gasteiger charge is -2.42. The maximum absolute atomic E-state index is 12.7. The first kappa shape index (κ1) is 18.5. The largest absolute Gasteiger partial charge is 0.345 e. The molecule has 1 spiro atoms. The minimum atomic E-state index is -0.301. The van der Waals surface area contributed by atoms with Gasteiger partial charge < -0.3 is 9.88 Å². The molecule has 146 valence electrons. The first-order valence-electron chi connectivity index (χ1n) is 9.32. The van der Waals surface area contributed by atoms with Gasteiger partial charge in [-0.3, -0.25) is 14.6 Å². The minimum absolute atomic E-state index is 0.00338. The van der Waals surface area contributed by atoms with Crippen LogP contribution < -0.4 is 5.32 Å². The quantitative estimate of drug-likeness (QED) is 0.854. The molecule has 2 aliphatic rings. The second-order valence-electron chi connectivity index (χ2n) is 8.70. The smallest absolute Gasteiger partial charge is 0.289 e. The van der Waals surface area contributed by atoms with Crippen molar-refractivity contribution in [2.45, 2.75) is 57.9 Å². The number of fused-ring (bicyclic) bond motifs is 1. The van der Waals surface area contributed by atoms with Gasteiger partial charge in [0.1, 0.15) is 10.8 Å². The standard InChI is InChI=1S/C18H27N7OS/c1-17(2,3)20-16(26)15-22-21-13-9-23(4)18(12-25(13)15)5-7-24(11-18)10-14-19-6-8-27-14/h6,8H,5,7,9-12H2,1-4H3,(H,20,26). The van der Waals surface area contributed by atoms with Crippen LogP contribution in [0, 0.1) is 0 Å². The normalized spacial score (nSPS) is 23.7. The fourth-order valence-corrected chi connectivity index (χ4v) is 4.67. The summed E-state index contributed by atoms with van der Waals surface area (Å²) in [5, 5.41) is 14.7. The van der Waals surface area contributed by atoms with E-state index in [0.29, 0.717) is 12.4 Å². The number of hydrogen-bond acceptors (Lipinski definition) is 7. The van der Waals surface area contributed by atoms with Crippen LogP contribution in [0.15, 0.2) is 11.6 Å². The number of thiazole rings is 1. The number of nitrogens with zero attached hydrogens (tertiary/aromatic N) is 6. The van der Waals surface area contributed by atoms with E-state index in [4.69, 9.17) is 0 Å². The predicted octanol–water partition coefficient (Wildman–Crippen LogP) is 1.35. The number of carbonyl (C=O) groups excluding carboxylic acids is 1. The number of nitrogens with one attached hydrogen (secondary N) is 1. The molecular weight excluding hydrogens is 362 g/mol. The van der Waals surface area contributed by atoms with Gasteiger partial charge in [-0.25, -0.2) is 4.98 Å². The Kier molecular flexibility index (Phi) is 4.56. The molecule has 4 heterocycles. The van der Waals surface area contributed by atoms with Crippen LogP contribution in [0.5, 0.6) is 0 Å². The molecule has 2 aromatic rings. The molecule has 1 amide bonds. The van der Waals surface area contributed by atoms with Crippen LogP contribution in [0.2, 0.25) is 0 Å². The van der Waals surface area contributed by atoms with E-state index in [1.807, 2.05) is 36.9 Å². The lowest BCUT2D eigenvalue weighted by atomic mass is 9.94. The Morgan fingerprint density at radius 1 is 1.33 bits per heavy atom. The lowest BCUT2D eigenvalue weighted by Crippen LogP contribution is -2.55. The third-order valence-electron chi connectivity index (χ3n) is 5.41. The van der Waals surface area contributed by atoms with E-state index >= 15 is 0 Å². The van der Waals surface area contributed by atoms with Crippen LogP contribution in [0.1, 0.15) is 48.6 Å². The van der Waals surface area contributed by atoms with Crippen molar-refractivity contribution >= 4 is 17.2 Å². The number of carbonyl (C=O) groups is 1. The summed E-state index contributed by atoms with van der Waals surface area (Å²) in [6.45, 7) is 10.3. The van der Waals surface area contributed by atoms with E-state index in [-0.39, 0.29) is 17.0 Å². The van der Waals surface area contributed by atoms with Crippen LogP contribution in [-0.2, 0) is 19.6 Å². The Hall–Kier alpha value is -1.84. The van der Waals surface area contributed by atoms with E-state index in [1.54, 1.807) is 11.3 Å². The second kappa shape index (κ2) is 6.65. The highest BCUT2D eigenvalue weighted by molar-refractivity contribution is 7.09. The number of amides is 1. The second-order valence-corrected chi connectivity index (χ2v) is 9.68. The Labute approximate surface area is 163 Å². The number of aromatic nitrogens is 4. The number of hydrogen-bond donors (Lipinski definition) is 1. The molecule has 1 fully saturated rings. The fraction of sp³-hybridized carbons (Fsp3) is 0.667. The molecule has 0 aromatic carbocycles. The summed E-state index contributed by atoms with van der Waals surface area (Å²) >= 11 is 1.70. The van der Waals surface area contributed by atoms with Gasteiger partial charge in [-0.15, -0.1) is 21.5 Å². The van der Waals surface area contributed by atoms with Crippen LogP contribution in [0.25, 0.3) is 0 Å². The third kappa shape index (κ3) is 3.63. The predicted molar refractivity (Wildman–Crippen MR) is 103 cm³/mol. The Morgan fingerprint density at radius 2 is 2.15 bits per heavy atom. The maximum atomic E-state index is 12.7. The summed E-state index contributed by atoms with van der Waals surface area (Å²) in [4.78, 5) is 21.9. The van der Waals surface area contributed by atoms with Gasteiger partial charge in [0.25, 0.3) is 5.91 Å². The fourth-order valence-electron chi connectivity index (χ4n) is 4.02. The summed E-state index contributed by atoms with van der Waals surface area (Å²) in [7, 11) is 2.15. The summed E-state index contributed by atoms with van der Waals surface area (Å²) in [6, 6.07) is 0. The van der Waals surface area contributed by atoms with Crippen LogP contribution in [-0.4, -0.2) is 66.7 Å². The Morgan fingerprint density at radius 3 is 2.85 bits per heavy atom. The summed E-state index contributed by atoms with van der Waals surface area (Å²) in [5.41, 5.74) is -0.298. The molecule has 0 bridgehead atoms. The molecule has 8 nitrogen and oxygen atoms in total. The molecule has 9 heteroatoms. The van der Waals surface area contributed by atoms with Gasteiger partial charge in [0, 0.05) is 36.8 Å². The Bertz CT molecular complexity index is 825. The van der Waals surface area contributed by atoms with Crippen molar-refractivity contribution in [2.24, 2.45) is 0 Å². The highest BCUT2D eigenvalue weighted by atomic mass is 32.1. The molecule has 1 saturated heterocycles. The van der Waals surface area contributed by atoms with Gasteiger partial charge in [0.05, 0.1) is 18.6 Å². The minimum Gasteiger partial charge on any atom is -0.345 e. The van der Waals surface area contributed by atoms with Gasteiger partial charge in [0.15, 0.2) is 0 Å². The van der Waals surface area contributed by atoms with Crippen molar-refractivity contribution in [2.75, 3.05) is 20.1 Å². The topological polar surface area (TPSA) is 79.2 Å². The summed E-state index contributed by atoms with van der Waals surface area (Å²) < 4.78 is 2.02. The number of likely N-dealkylation sites (tertiary alicyclic amines) is 1. The maximum Gasteiger partial charge on any atom is 0.289 e. The van der Waals surface area contributed by atoms with E-state index in [2.05, 4.69) is 37.3 Å². The van der Waals surface area contributed by atoms with Crippen molar-refractivity contribution in [3.63, 3.8) is 0 Å². The highest BCUT2D eigenvalue weighted by Gasteiger charge is 2.46. The molecule has 27 heavy (non-hydrogen) atoms. The first-order chi connectivity index (χ1) is 12.8. The SMILES string of the molecule is CN1Cc2nnc(C(=O)NC(C)(C)C)n2CC12CCN(Cc1nccs1)C2. The van der Waals surface area contributed by atoms with Crippen molar-refractivity contribution < 1.29 is 4.79 Å². The van der Waals surface area contributed by atoms with Crippen molar-refractivity contribution in [3.05, 3.63) is 28.2 Å². The lowest BCUT2D eigenvalue weighted by molar-refractivity contribution is 0.0645. The summed E-state index contributed by atoms with van der Waals surface area (Å²) in [5.74, 6) is 1.13. The molecule has 0 radical (unpaired) electrons. The van der Waals surface area contributed by atoms with Gasteiger partial charge in [0.2, 0.25) is 5.82 Å². The van der Waals surface area contributed by atoms with E-state index in [1.165, 1.54) is 0 Å². The first-order valence-corrected chi connectivity index (χ1v) is 10.2. The summed E-state index contributed by atoms with van der Waals surface area (Å²) in [6.07, 6.45) is 2.93. The van der Waals surface area contributed by atoms with Gasteiger partial charge >= 0.3 is 0 Å². The zero-order valence-electron chi connectivity index (χ0n) is 16.4. The Balaban J connectivity index is 1.54. The molecular formula is C18H27N7OS. The average Bonchev–Trinajstić information content (AvgIpc) is 3.28. The third-order valence-corrected chi connectivity index (χ3v) is 6.18. The monoisotopic (exact) mass is 389 g/mol. The van der Waals surface area contributed by atoms with E-state index in [0.717, 1.165) is 43.4 Å². The molecule has 4 rings (SSSR count). The number of likely N-dealkylation sites (N-methyl/N-ethyl adjacent to an activating group) is 1. The van der Waals surface area contributed by atoms with Gasteiger partial charge in [-0.2, -0.15) is 0 Å². The molecule has 1 atom stereocenters. The van der Waals surface area contributed by atoms with Crippen molar-refractivity contribution in [1.82, 2.24) is 34.9 Å². The van der Waals surface area contributed by atoms with Gasteiger partial charge in [-0.1, -0.05) is 0 Å².